The number of carbonyl (C=O) groups excluding carboxylic acids is 1. The largest absolute Gasteiger partial charge is 0.481 e. The second-order valence-corrected chi connectivity index (χ2v) is 8.88. The molecular formula is C25H26BrN3O4. The molecule has 0 N–H and O–H groups in total. The molecule has 1 aliphatic rings. The zero-order valence-electron chi connectivity index (χ0n) is 18.5. The first-order valence-electron chi connectivity index (χ1n) is 11.2. The van der Waals surface area contributed by atoms with Gasteiger partial charge in [-0.3, -0.25) is 4.79 Å². The minimum absolute atomic E-state index is 0.187. The Balaban J connectivity index is 1.73. The Hall–Kier alpha value is -3.00. The SMILES string of the molecule is CCOC(=O)COc1ccccc1C=Nn1c(C2CCCCC2)nc2ccc(Br)cc2c1=O. The molecule has 0 atom stereocenters. The number of para-hydroxylation sites is 1. The third-order valence-electron chi connectivity index (χ3n) is 5.69. The van der Waals surface area contributed by atoms with Gasteiger partial charge in [0.2, 0.25) is 0 Å². The van der Waals surface area contributed by atoms with Crippen LogP contribution in [0.25, 0.3) is 10.9 Å². The van der Waals surface area contributed by atoms with Crippen LogP contribution in [0.1, 0.15) is 56.3 Å². The lowest BCUT2D eigenvalue weighted by atomic mass is 9.88. The maximum Gasteiger partial charge on any atom is 0.344 e. The maximum absolute atomic E-state index is 13.4. The van der Waals surface area contributed by atoms with Gasteiger partial charge in [-0.15, -0.1) is 0 Å². The summed E-state index contributed by atoms with van der Waals surface area (Å²) < 4.78 is 12.8. The second kappa shape index (κ2) is 10.7. The molecule has 1 saturated carbocycles. The lowest BCUT2D eigenvalue weighted by Gasteiger charge is -2.22. The van der Waals surface area contributed by atoms with Gasteiger partial charge < -0.3 is 9.47 Å². The van der Waals surface area contributed by atoms with Gasteiger partial charge in [-0.1, -0.05) is 47.3 Å². The standard InChI is InChI=1S/C25H26BrN3O4/c1-2-32-23(30)16-33-22-11-7-6-10-18(22)15-27-29-24(17-8-4-3-5-9-17)28-21-13-12-19(26)14-20(21)25(29)31/h6-7,10-15,17H,2-5,8-9,16H2,1H3. The van der Waals surface area contributed by atoms with Crippen molar-refractivity contribution in [3.63, 3.8) is 0 Å². The summed E-state index contributed by atoms with van der Waals surface area (Å²) in [6.45, 7) is 1.84. The molecule has 0 aliphatic heterocycles. The van der Waals surface area contributed by atoms with E-state index in [1.165, 1.54) is 11.1 Å². The normalized spacial score (nSPS) is 14.6. The minimum atomic E-state index is -0.440. The first kappa shape index (κ1) is 23.2. The average molecular weight is 512 g/mol. The molecule has 0 saturated heterocycles. The highest BCUT2D eigenvalue weighted by Gasteiger charge is 2.22. The van der Waals surface area contributed by atoms with Crippen LogP contribution < -0.4 is 10.3 Å². The number of carbonyl (C=O) groups is 1. The second-order valence-electron chi connectivity index (χ2n) is 7.96. The van der Waals surface area contributed by atoms with E-state index < -0.39 is 5.97 Å². The molecule has 7 nitrogen and oxygen atoms in total. The number of esters is 1. The first-order valence-corrected chi connectivity index (χ1v) is 12.0. The van der Waals surface area contributed by atoms with Crippen molar-refractivity contribution in [3.05, 3.63) is 68.7 Å². The van der Waals surface area contributed by atoms with Gasteiger partial charge in [0, 0.05) is 16.0 Å². The lowest BCUT2D eigenvalue weighted by Crippen LogP contribution is -2.25. The zero-order chi connectivity index (χ0) is 23.2. The number of fused-ring (bicyclic) bond motifs is 1. The smallest absolute Gasteiger partial charge is 0.344 e. The molecule has 0 spiro atoms. The highest BCUT2D eigenvalue weighted by molar-refractivity contribution is 9.10. The first-order chi connectivity index (χ1) is 16.1. The predicted molar refractivity (Wildman–Crippen MR) is 131 cm³/mol. The van der Waals surface area contributed by atoms with Gasteiger partial charge in [0.25, 0.3) is 5.56 Å². The summed E-state index contributed by atoms with van der Waals surface area (Å²) in [4.78, 5) is 30.0. The van der Waals surface area contributed by atoms with Crippen LogP contribution in [0.2, 0.25) is 0 Å². The van der Waals surface area contributed by atoms with Crippen LogP contribution in [0.4, 0.5) is 0 Å². The van der Waals surface area contributed by atoms with Crippen molar-refractivity contribution in [3.8, 4) is 5.75 Å². The summed E-state index contributed by atoms with van der Waals surface area (Å²) in [6, 6.07) is 12.8. The van der Waals surface area contributed by atoms with Crippen LogP contribution in [0, 0.1) is 0 Å². The highest BCUT2D eigenvalue weighted by Crippen LogP contribution is 2.32. The number of aromatic nitrogens is 2. The molecule has 0 bridgehead atoms. The van der Waals surface area contributed by atoms with E-state index in [1.54, 1.807) is 25.3 Å². The average Bonchev–Trinajstić information content (AvgIpc) is 2.83. The van der Waals surface area contributed by atoms with E-state index in [0.717, 1.165) is 30.2 Å². The lowest BCUT2D eigenvalue weighted by molar-refractivity contribution is -0.145. The van der Waals surface area contributed by atoms with Crippen molar-refractivity contribution >= 4 is 39.0 Å². The molecule has 0 radical (unpaired) electrons. The molecule has 1 fully saturated rings. The van der Waals surface area contributed by atoms with Crippen LogP contribution >= 0.6 is 15.9 Å². The summed E-state index contributed by atoms with van der Waals surface area (Å²) >= 11 is 3.44. The third-order valence-corrected chi connectivity index (χ3v) is 6.18. The molecule has 1 aromatic heterocycles. The van der Waals surface area contributed by atoms with Crippen molar-refractivity contribution < 1.29 is 14.3 Å². The number of hydrogen-bond donors (Lipinski definition) is 0. The monoisotopic (exact) mass is 511 g/mol. The van der Waals surface area contributed by atoms with Crippen LogP contribution in [0.5, 0.6) is 5.75 Å². The molecule has 2 aromatic carbocycles. The van der Waals surface area contributed by atoms with E-state index in [1.807, 2.05) is 30.3 Å². The van der Waals surface area contributed by atoms with E-state index in [2.05, 4.69) is 21.0 Å². The van der Waals surface area contributed by atoms with Gasteiger partial charge in [0.05, 0.1) is 23.7 Å². The molecule has 33 heavy (non-hydrogen) atoms. The van der Waals surface area contributed by atoms with Crippen molar-refractivity contribution in [2.24, 2.45) is 5.10 Å². The quantitative estimate of drug-likeness (QED) is 0.328. The summed E-state index contributed by atoms with van der Waals surface area (Å²) in [6.07, 6.45) is 7.00. The Labute approximate surface area is 200 Å². The summed E-state index contributed by atoms with van der Waals surface area (Å²) in [7, 11) is 0. The molecule has 0 amide bonds. The Kier molecular flexibility index (Phi) is 7.54. The number of hydrogen-bond acceptors (Lipinski definition) is 6. The third kappa shape index (κ3) is 5.50. The van der Waals surface area contributed by atoms with Gasteiger partial charge in [0.1, 0.15) is 11.6 Å². The van der Waals surface area contributed by atoms with E-state index in [-0.39, 0.29) is 18.1 Å². The van der Waals surface area contributed by atoms with Gasteiger partial charge in [-0.05, 0) is 50.1 Å². The van der Waals surface area contributed by atoms with E-state index in [0.29, 0.717) is 34.6 Å². The van der Waals surface area contributed by atoms with Crippen molar-refractivity contribution in [2.45, 2.75) is 44.9 Å². The number of ether oxygens (including phenoxy) is 2. The number of benzene rings is 2. The number of halogens is 1. The highest BCUT2D eigenvalue weighted by atomic mass is 79.9. The maximum atomic E-state index is 13.4. The summed E-state index contributed by atoms with van der Waals surface area (Å²) in [5, 5.41) is 5.07. The molecule has 3 aromatic rings. The van der Waals surface area contributed by atoms with E-state index in [4.69, 9.17) is 14.5 Å². The Bertz CT molecular complexity index is 1230. The molecular weight excluding hydrogens is 486 g/mol. The molecule has 4 rings (SSSR count). The van der Waals surface area contributed by atoms with Crippen LogP contribution in [-0.2, 0) is 9.53 Å². The fraction of sp³-hybridized carbons (Fsp3) is 0.360. The van der Waals surface area contributed by atoms with Crippen molar-refractivity contribution in [2.75, 3.05) is 13.2 Å². The van der Waals surface area contributed by atoms with Crippen LogP contribution in [0.3, 0.4) is 0 Å². The summed E-state index contributed by atoms with van der Waals surface area (Å²) in [5.74, 6) is 0.921. The van der Waals surface area contributed by atoms with Crippen LogP contribution in [-0.4, -0.2) is 35.1 Å². The zero-order valence-corrected chi connectivity index (χ0v) is 20.1. The van der Waals surface area contributed by atoms with Gasteiger partial charge in [-0.25, -0.2) is 9.78 Å². The van der Waals surface area contributed by atoms with E-state index in [9.17, 15) is 9.59 Å². The number of nitrogens with zero attached hydrogens (tertiary/aromatic N) is 3. The van der Waals surface area contributed by atoms with Crippen LogP contribution in [0.15, 0.2) is 56.8 Å². The number of rotatable bonds is 7. The van der Waals surface area contributed by atoms with Gasteiger partial charge >= 0.3 is 5.97 Å². The van der Waals surface area contributed by atoms with Crippen molar-refractivity contribution in [1.82, 2.24) is 9.66 Å². The Morgan fingerprint density at radius 3 is 2.79 bits per heavy atom. The molecule has 8 heteroatoms. The fourth-order valence-electron chi connectivity index (χ4n) is 4.08. The topological polar surface area (TPSA) is 82.8 Å². The molecule has 172 valence electrons. The fourth-order valence-corrected chi connectivity index (χ4v) is 4.44. The minimum Gasteiger partial charge on any atom is -0.481 e. The van der Waals surface area contributed by atoms with E-state index >= 15 is 0 Å². The summed E-state index contributed by atoms with van der Waals surface area (Å²) in [5.41, 5.74) is 1.12. The molecule has 1 heterocycles. The van der Waals surface area contributed by atoms with Gasteiger partial charge in [0.15, 0.2) is 6.61 Å². The Morgan fingerprint density at radius 2 is 2.00 bits per heavy atom. The predicted octanol–water partition coefficient (Wildman–Crippen LogP) is 5.03. The molecule has 1 aliphatic carbocycles. The van der Waals surface area contributed by atoms with Gasteiger partial charge in [-0.2, -0.15) is 9.78 Å². The molecule has 0 unspecified atom stereocenters. The Morgan fingerprint density at radius 1 is 1.21 bits per heavy atom. The van der Waals surface area contributed by atoms with Crippen molar-refractivity contribution in [1.29, 1.82) is 0 Å².